The number of hydrogen-bond acceptors (Lipinski definition) is 2. The van der Waals surface area contributed by atoms with Gasteiger partial charge in [-0.3, -0.25) is 0 Å². The predicted molar refractivity (Wildman–Crippen MR) is 203 cm³/mol. The predicted octanol–water partition coefficient (Wildman–Crippen LogP) is 12.9. The maximum atomic E-state index is 2.48. The van der Waals surface area contributed by atoms with Crippen molar-refractivity contribution in [3.63, 3.8) is 0 Å². The summed E-state index contributed by atoms with van der Waals surface area (Å²) in [6, 6.07) is 61.9. The molecular weight excluding hydrogens is 589 g/mol. The van der Waals surface area contributed by atoms with Crippen LogP contribution < -0.4 is 4.90 Å². The molecule has 47 heavy (non-hydrogen) atoms. The van der Waals surface area contributed by atoms with E-state index in [-0.39, 0.29) is 0 Å². The number of fused-ring (bicyclic) bond motifs is 9. The Hall–Kier alpha value is -5.90. The first-order valence-corrected chi connectivity index (χ1v) is 16.8. The monoisotopic (exact) mass is 616 g/mol. The lowest BCUT2D eigenvalue weighted by Crippen LogP contribution is -2.09. The molecular formula is C44H28N2S. The minimum atomic E-state index is 1.13. The third-order valence-corrected chi connectivity index (χ3v) is 10.7. The molecule has 0 amide bonds. The molecule has 8 aromatic carbocycles. The second-order valence-electron chi connectivity index (χ2n) is 12.2. The highest BCUT2D eigenvalue weighted by molar-refractivity contribution is 7.26. The Morgan fingerprint density at radius 3 is 1.96 bits per heavy atom. The van der Waals surface area contributed by atoms with E-state index >= 15 is 0 Å². The van der Waals surface area contributed by atoms with Crippen LogP contribution in [0.5, 0.6) is 0 Å². The molecule has 10 rings (SSSR count). The minimum Gasteiger partial charge on any atom is -0.310 e. The molecule has 0 aliphatic rings. The third kappa shape index (κ3) is 4.04. The van der Waals surface area contributed by atoms with Crippen LogP contribution in [-0.4, -0.2) is 4.57 Å². The van der Waals surface area contributed by atoms with E-state index in [2.05, 4.69) is 179 Å². The highest BCUT2D eigenvalue weighted by Gasteiger charge is 2.21. The van der Waals surface area contributed by atoms with Gasteiger partial charge < -0.3 is 9.47 Å². The van der Waals surface area contributed by atoms with Crippen LogP contribution in [0.4, 0.5) is 17.1 Å². The van der Waals surface area contributed by atoms with E-state index in [4.69, 9.17) is 0 Å². The minimum absolute atomic E-state index is 1.13. The van der Waals surface area contributed by atoms with Crippen molar-refractivity contribution in [2.45, 2.75) is 0 Å². The average Bonchev–Trinajstić information content (AvgIpc) is 3.67. The highest BCUT2D eigenvalue weighted by atomic mass is 32.1. The number of hydrogen-bond donors (Lipinski definition) is 0. The molecule has 0 atom stereocenters. The van der Waals surface area contributed by atoms with Crippen LogP contribution in [0, 0.1) is 0 Å². The lowest BCUT2D eigenvalue weighted by molar-refractivity contribution is 1.20. The largest absolute Gasteiger partial charge is 0.310 e. The van der Waals surface area contributed by atoms with Gasteiger partial charge in [-0.1, -0.05) is 103 Å². The Bertz CT molecular complexity index is 2800. The summed E-state index contributed by atoms with van der Waals surface area (Å²) in [6.45, 7) is 0. The molecule has 2 nitrogen and oxygen atoms in total. The van der Waals surface area contributed by atoms with Gasteiger partial charge in [-0.2, -0.15) is 0 Å². The summed E-state index contributed by atoms with van der Waals surface area (Å²) in [7, 11) is 0. The molecule has 0 saturated heterocycles. The van der Waals surface area contributed by atoms with E-state index < -0.39 is 0 Å². The molecule has 2 aromatic heterocycles. The zero-order valence-corrected chi connectivity index (χ0v) is 26.3. The first-order chi connectivity index (χ1) is 23.3. The number of thiophene rings is 1. The average molecular weight is 617 g/mol. The highest BCUT2D eigenvalue weighted by Crippen LogP contribution is 2.46. The number of para-hydroxylation sites is 1. The van der Waals surface area contributed by atoms with Crippen molar-refractivity contribution in [3.05, 3.63) is 170 Å². The smallest absolute Gasteiger partial charge is 0.0548 e. The quantitative estimate of drug-likeness (QED) is 0.191. The molecule has 0 N–H and O–H groups in total. The van der Waals surface area contributed by atoms with Crippen molar-refractivity contribution in [2.75, 3.05) is 4.90 Å². The van der Waals surface area contributed by atoms with Gasteiger partial charge in [0.15, 0.2) is 0 Å². The summed E-state index contributed by atoms with van der Waals surface area (Å²) in [4.78, 5) is 2.39. The van der Waals surface area contributed by atoms with Crippen molar-refractivity contribution in [3.8, 4) is 5.69 Å². The van der Waals surface area contributed by atoms with Gasteiger partial charge in [0.2, 0.25) is 0 Å². The van der Waals surface area contributed by atoms with E-state index in [1.165, 1.54) is 69.2 Å². The number of aromatic nitrogens is 1. The van der Waals surface area contributed by atoms with Crippen LogP contribution in [0.25, 0.3) is 69.2 Å². The summed E-state index contributed by atoms with van der Waals surface area (Å²) in [5.74, 6) is 0. The van der Waals surface area contributed by atoms with Crippen LogP contribution in [0.3, 0.4) is 0 Å². The van der Waals surface area contributed by atoms with Gasteiger partial charge in [-0.15, -0.1) is 11.3 Å². The van der Waals surface area contributed by atoms with Crippen molar-refractivity contribution >= 4 is 91.9 Å². The van der Waals surface area contributed by atoms with E-state index in [9.17, 15) is 0 Å². The van der Waals surface area contributed by atoms with Gasteiger partial charge >= 0.3 is 0 Å². The summed E-state index contributed by atoms with van der Waals surface area (Å²) in [5.41, 5.74) is 7.02. The summed E-state index contributed by atoms with van der Waals surface area (Å²) in [5, 5.41) is 10.2. The van der Waals surface area contributed by atoms with E-state index in [1.54, 1.807) is 0 Å². The van der Waals surface area contributed by atoms with Gasteiger partial charge in [0, 0.05) is 53.4 Å². The maximum Gasteiger partial charge on any atom is 0.0548 e. The van der Waals surface area contributed by atoms with Crippen LogP contribution in [0.15, 0.2) is 170 Å². The van der Waals surface area contributed by atoms with Crippen LogP contribution >= 0.6 is 11.3 Å². The van der Waals surface area contributed by atoms with Crippen LogP contribution in [0.1, 0.15) is 0 Å². The number of benzene rings is 8. The summed E-state index contributed by atoms with van der Waals surface area (Å²) >= 11 is 1.88. The van der Waals surface area contributed by atoms with Crippen molar-refractivity contribution in [1.29, 1.82) is 0 Å². The Labute approximate surface area is 276 Å². The van der Waals surface area contributed by atoms with E-state index in [0.29, 0.717) is 0 Å². The molecule has 0 bridgehead atoms. The van der Waals surface area contributed by atoms with Gasteiger partial charge in [0.05, 0.1) is 16.7 Å². The zero-order valence-electron chi connectivity index (χ0n) is 25.5. The Morgan fingerprint density at radius 1 is 0.383 bits per heavy atom. The number of rotatable bonds is 4. The second-order valence-corrected chi connectivity index (χ2v) is 13.3. The fraction of sp³-hybridized carbons (Fsp3) is 0. The Kier molecular flexibility index (Phi) is 5.78. The van der Waals surface area contributed by atoms with E-state index in [1.807, 2.05) is 11.3 Å². The molecule has 0 spiro atoms. The van der Waals surface area contributed by atoms with Gasteiger partial charge in [-0.05, 0) is 82.9 Å². The molecule has 10 aromatic rings. The van der Waals surface area contributed by atoms with Crippen LogP contribution in [-0.2, 0) is 0 Å². The molecule has 0 aliphatic heterocycles. The zero-order chi connectivity index (χ0) is 30.9. The summed E-state index contributed by atoms with van der Waals surface area (Å²) < 4.78 is 5.11. The van der Waals surface area contributed by atoms with Gasteiger partial charge in [0.25, 0.3) is 0 Å². The first-order valence-electron chi connectivity index (χ1n) is 16.0. The van der Waals surface area contributed by atoms with Crippen molar-refractivity contribution < 1.29 is 0 Å². The topological polar surface area (TPSA) is 8.17 Å². The van der Waals surface area contributed by atoms with E-state index in [0.717, 1.165) is 17.1 Å². The van der Waals surface area contributed by atoms with Crippen molar-refractivity contribution in [2.24, 2.45) is 0 Å². The molecule has 220 valence electrons. The molecule has 2 heterocycles. The molecule has 0 aliphatic carbocycles. The Balaban J connectivity index is 1.33. The van der Waals surface area contributed by atoms with Gasteiger partial charge in [-0.25, -0.2) is 0 Å². The fourth-order valence-corrected chi connectivity index (χ4v) is 8.57. The number of anilines is 3. The van der Waals surface area contributed by atoms with Gasteiger partial charge in [0.1, 0.15) is 0 Å². The fourth-order valence-electron chi connectivity index (χ4n) is 7.46. The van der Waals surface area contributed by atoms with Crippen molar-refractivity contribution in [1.82, 2.24) is 4.57 Å². The first kappa shape index (κ1) is 26.3. The lowest BCUT2D eigenvalue weighted by atomic mass is 10.0. The molecule has 0 saturated carbocycles. The normalized spacial score (nSPS) is 11.8. The molecule has 0 unspecified atom stereocenters. The molecule has 3 heteroatoms. The second kappa shape index (κ2) is 10.3. The standard InChI is InChI=1S/C44H28N2S/c1-2-15-32(16-3-1)45(33-22-21-29-11-4-5-13-31(29)27-33)34-23-24-39-37(28-34)43-40(25-26-42-44(43)36-18-8-9-20-41(36)47-42)46(39)38-19-10-14-30-12-6-7-17-35(30)38/h1-28H. The number of nitrogens with zero attached hydrogens (tertiary/aromatic N) is 2. The SMILES string of the molecule is c1ccc(N(c2ccc3ccccc3c2)c2ccc3c(c2)c2c4c(ccc2n3-c2cccc3ccccc23)sc2ccccc24)cc1. The lowest BCUT2D eigenvalue weighted by Gasteiger charge is -2.26. The van der Waals surface area contributed by atoms with Crippen LogP contribution in [0.2, 0.25) is 0 Å². The summed E-state index contributed by atoms with van der Waals surface area (Å²) in [6.07, 6.45) is 0. The maximum absolute atomic E-state index is 2.48. The molecule has 0 radical (unpaired) electrons. The Morgan fingerprint density at radius 2 is 1.06 bits per heavy atom. The molecule has 0 fully saturated rings. The third-order valence-electron chi connectivity index (χ3n) is 9.52.